The molecule has 0 heterocycles. The van der Waals surface area contributed by atoms with Crippen LogP contribution in [-0.2, 0) is 11.2 Å². The van der Waals surface area contributed by atoms with Crippen molar-refractivity contribution in [2.24, 2.45) is 0 Å². The molecule has 0 aliphatic carbocycles. The Labute approximate surface area is 247 Å². The topological polar surface area (TPSA) is 80.3 Å². The van der Waals surface area contributed by atoms with Crippen molar-refractivity contribution in [3.63, 3.8) is 0 Å². The molecule has 0 bridgehead atoms. The van der Waals surface area contributed by atoms with Crippen molar-refractivity contribution in [2.75, 3.05) is 0 Å². The van der Waals surface area contributed by atoms with Gasteiger partial charge in [-0.15, -0.1) is 0 Å². The van der Waals surface area contributed by atoms with E-state index < -0.39 is 11.9 Å². The van der Waals surface area contributed by atoms with E-state index in [1.807, 2.05) is 12.1 Å². The van der Waals surface area contributed by atoms with Gasteiger partial charge in [-0.2, -0.15) is 0 Å². The SMILES string of the molecule is CCCCCCCCCCCCC(=O)[O-].CCCCc1ccccc1C(=O)[O-].[CH2]CCC.[CH2]CCC.[Sn+2]. The van der Waals surface area contributed by atoms with Crippen molar-refractivity contribution in [3.8, 4) is 0 Å². The maximum atomic E-state index is 10.7. The van der Waals surface area contributed by atoms with Crippen molar-refractivity contribution in [2.45, 2.75) is 143 Å². The number of carboxylic acids is 2. The summed E-state index contributed by atoms with van der Waals surface area (Å²) in [4.78, 5) is 20.8. The van der Waals surface area contributed by atoms with Crippen molar-refractivity contribution in [1.82, 2.24) is 0 Å². The molecule has 0 saturated carbocycles. The first kappa shape index (κ1) is 43.0. The molecule has 0 N–H and O–H groups in total. The first-order chi connectivity index (χ1) is 17.4. The molecule has 0 spiro atoms. The smallest absolute Gasteiger partial charge is 0.550 e. The summed E-state index contributed by atoms with van der Waals surface area (Å²) >= 11 is 0. The van der Waals surface area contributed by atoms with E-state index in [0.717, 1.165) is 50.5 Å². The average Bonchev–Trinajstić information content (AvgIpc) is 2.89. The Morgan fingerprint density at radius 1 is 0.649 bits per heavy atom. The zero-order valence-corrected chi connectivity index (χ0v) is 27.4. The maximum Gasteiger partial charge on any atom is 2.00 e. The number of carbonyl (C=O) groups is 2. The van der Waals surface area contributed by atoms with Crippen LogP contribution in [0.3, 0.4) is 0 Å². The molecule has 212 valence electrons. The zero-order valence-electron chi connectivity index (χ0n) is 24.6. The summed E-state index contributed by atoms with van der Waals surface area (Å²) in [6.45, 7) is 15.8. The third-order valence-corrected chi connectivity index (χ3v) is 5.48. The van der Waals surface area contributed by atoms with Crippen LogP contribution in [0.5, 0.6) is 0 Å². The largest absolute Gasteiger partial charge is 2.00 e. The third-order valence-electron chi connectivity index (χ3n) is 5.48. The Bertz CT molecular complexity index is 582. The fraction of sp³-hybridized carbons (Fsp3) is 0.688. The van der Waals surface area contributed by atoms with Gasteiger partial charge in [-0.05, 0) is 31.2 Å². The molecule has 0 aliphatic rings. The van der Waals surface area contributed by atoms with Gasteiger partial charge in [0.15, 0.2) is 0 Å². The molecule has 0 amide bonds. The molecule has 1 aromatic carbocycles. The molecular formula is C32H56O4Sn. The van der Waals surface area contributed by atoms with Crippen LogP contribution in [0.4, 0.5) is 0 Å². The van der Waals surface area contributed by atoms with E-state index in [9.17, 15) is 19.8 Å². The van der Waals surface area contributed by atoms with Crippen LogP contribution in [0.2, 0.25) is 0 Å². The van der Waals surface area contributed by atoms with Gasteiger partial charge in [0.2, 0.25) is 0 Å². The second-order valence-electron chi connectivity index (χ2n) is 9.06. The van der Waals surface area contributed by atoms with Crippen LogP contribution in [0.15, 0.2) is 24.3 Å². The Balaban J connectivity index is -0.000000224. The van der Waals surface area contributed by atoms with Crippen molar-refractivity contribution in [3.05, 3.63) is 49.2 Å². The normalized spacial score (nSPS) is 9.35. The fourth-order valence-corrected chi connectivity index (χ4v) is 3.06. The molecule has 0 unspecified atom stereocenters. The van der Waals surface area contributed by atoms with E-state index in [2.05, 4.69) is 41.5 Å². The summed E-state index contributed by atoms with van der Waals surface area (Å²) in [7, 11) is 0. The van der Waals surface area contributed by atoms with E-state index >= 15 is 0 Å². The zero-order chi connectivity index (χ0) is 27.9. The van der Waals surface area contributed by atoms with E-state index in [4.69, 9.17) is 0 Å². The molecule has 0 saturated heterocycles. The molecule has 4 radical (unpaired) electrons. The Morgan fingerprint density at radius 2 is 1.05 bits per heavy atom. The maximum absolute atomic E-state index is 10.7. The predicted molar refractivity (Wildman–Crippen MR) is 157 cm³/mol. The average molecular weight is 624 g/mol. The third kappa shape index (κ3) is 37.2. The Morgan fingerprint density at radius 3 is 1.43 bits per heavy atom. The van der Waals surface area contributed by atoms with E-state index in [-0.39, 0.29) is 30.3 Å². The number of rotatable bonds is 17. The van der Waals surface area contributed by atoms with Crippen LogP contribution in [0.25, 0.3) is 0 Å². The number of aliphatic carboxylic acids is 1. The number of aryl methyl sites for hydroxylation is 1. The number of hydrogen-bond acceptors (Lipinski definition) is 4. The summed E-state index contributed by atoms with van der Waals surface area (Å²) in [5.74, 6) is -1.98. The van der Waals surface area contributed by atoms with E-state index in [0.29, 0.717) is 5.56 Å². The summed E-state index contributed by atoms with van der Waals surface area (Å²) in [6.07, 6.45) is 20.1. The summed E-state index contributed by atoms with van der Waals surface area (Å²) < 4.78 is 0. The number of hydrogen-bond donors (Lipinski definition) is 0. The summed E-state index contributed by atoms with van der Waals surface area (Å²) in [5.41, 5.74) is 1.21. The van der Waals surface area contributed by atoms with Crippen LogP contribution in [0.1, 0.15) is 153 Å². The molecule has 1 rings (SSSR count). The number of carboxylic acid groups (broad SMARTS) is 2. The second kappa shape index (κ2) is 37.1. The minimum atomic E-state index is -1.08. The number of aromatic carboxylic acids is 1. The van der Waals surface area contributed by atoms with Gasteiger partial charge in [-0.1, -0.05) is 156 Å². The van der Waals surface area contributed by atoms with Crippen molar-refractivity contribution in [1.29, 1.82) is 0 Å². The van der Waals surface area contributed by atoms with Gasteiger partial charge in [0.25, 0.3) is 0 Å². The van der Waals surface area contributed by atoms with Gasteiger partial charge in [0.05, 0.1) is 5.97 Å². The fourth-order valence-electron chi connectivity index (χ4n) is 3.06. The minimum absolute atomic E-state index is 0. The second-order valence-corrected chi connectivity index (χ2v) is 9.06. The summed E-state index contributed by atoms with van der Waals surface area (Å²) in [6, 6.07) is 7.03. The van der Waals surface area contributed by atoms with Crippen LogP contribution in [-0.4, -0.2) is 35.8 Å². The van der Waals surface area contributed by atoms with Crippen molar-refractivity contribution < 1.29 is 19.8 Å². The van der Waals surface area contributed by atoms with Crippen LogP contribution >= 0.6 is 0 Å². The van der Waals surface area contributed by atoms with E-state index in [1.54, 1.807) is 12.1 Å². The molecule has 0 aromatic heterocycles. The van der Waals surface area contributed by atoms with E-state index in [1.165, 1.54) is 64.2 Å². The Kier molecular flexibility index (Phi) is 43.2. The first-order valence-electron chi connectivity index (χ1n) is 14.4. The number of carbonyl (C=O) groups excluding carboxylic acids is 2. The standard InChI is InChI=1S/C13H26O2.C11H14O2.2C4H9.Sn/c1-2-3-4-5-6-7-8-9-10-11-12-13(14)15;1-2-3-6-9-7-4-5-8-10(9)11(12)13;2*1-3-4-2;/h2-12H2,1H3,(H,14,15);4-5,7-8H,2-3,6H2,1H3,(H,12,13);2*1,3-4H2,2H3;/q;;;;+2/p-2. The van der Waals surface area contributed by atoms with Gasteiger partial charge in [-0.25, -0.2) is 0 Å². The molecule has 1 aromatic rings. The molecule has 5 heteroatoms. The number of benzene rings is 1. The van der Waals surface area contributed by atoms with Crippen LogP contribution < -0.4 is 10.2 Å². The van der Waals surface area contributed by atoms with Crippen LogP contribution in [0, 0.1) is 13.8 Å². The Hall–Kier alpha value is -1.04. The van der Waals surface area contributed by atoms with Gasteiger partial charge in [0.1, 0.15) is 0 Å². The minimum Gasteiger partial charge on any atom is -0.550 e. The monoisotopic (exact) mass is 624 g/mol. The van der Waals surface area contributed by atoms with Crippen molar-refractivity contribution >= 4 is 35.8 Å². The molecule has 4 nitrogen and oxygen atoms in total. The summed E-state index contributed by atoms with van der Waals surface area (Å²) in [5, 5.41) is 20.8. The predicted octanol–water partition coefficient (Wildman–Crippen LogP) is 7.30. The number of unbranched alkanes of at least 4 members (excludes halogenated alkanes) is 12. The molecule has 0 atom stereocenters. The molecular weight excluding hydrogens is 567 g/mol. The molecule has 0 aliphatic heterocycles. The quantitative estimate of drug-likeness (QED) is 0.135. The van der Waals surface area contributed by atoms with Gasteiger partial charge in [-0.3, -0.25) is 0 Å². The van der Waals surface area contributed by atoms with Gasteiger partial charge >= 0.3 is 23.9 Å². The van der Waals surface area contributed by atoms with Gasteiger partial charge < -0.3 is 19.8 Å². The molecule has 37 heavy (non-hydrogen) atoms. The first-order valence-corrected chi connectivity index (χ1v) is 14.4. The van der Waals surface area contributed by atoms with Gasteiger partial charge in [0, 0.05) is 11.5 Å². The molecule has 0 fully saturated rings.